The van der Waals surface area contributed by atoms with Crippen molar-refractivity contribution in [1.82, 2.24) is 14.6 Å². The Bertz CT molecular complexity index is 1410. The number of piperidine rings is 1. The Labute approximate surface area is 222 Å². The van der Waals surface area contributed by atoms with Crippen LogP contribution in [0.4, 0.5) is 17.6 Å². The molecular weight excluding hydrogens is 546 g/mol. The topological polar surface area (TPSA) is 126 Å². The van der Waals surface area contributed by atoms with Crippen molar-refractivity contribution in [3.05, 3.63) is 59.3 Å². The summed E-state index contributed by atoms with van der Waals surface area (Å²) < 4.78 is 64.1. The summed E-state index contributed by atoms with van der Waals surface area (Å²) in [5.74, 6) is -12.9. The van der Waals surface area contributed by atoms with E-state index in [1.54, 1.807) is 17.0 Å². The number of carbonyl (C=O) groups excluding carboxylic acids is 3. The van der Waals surface area contributed by atoms with Crippen LogP contribution in [0.1, 0.15) is 29.8 Å². The van der Waals surface area contributed by atoms with E-state index in [1.807, 2.05) is 12.1 Å². The smallest absolute Gasteiger partial charge is 0.305 e. The van der Waals surface area contributed by atoms with Gasteiger partial charge in [-0.15, -0.1) is 0 Å². The van der Waals surface area contributed by atoms with Gasteiger partial charge >= 0.3 is 5.97 Å². The number of Topliss-reactive ketones (excluding diaryl/α,β-unsaturated/α-hetero) is 1. The molecule has 0 unspecified atom stereocenters. The predicted octanol–water partition coefficient (Wildman–Crippen LogP) is 3.31. The van der Waals surface area contributed by atoms with Crippen LogP contribution < -0.4 is 10.1 Å². The molecule has 1 atom stereocenters. The fourth-order valence-electron chi connectivity index (χ4n) is 4.17. The molecule has 2 amide bonds. The van der Waals surface area contributed by atoms with Crippen LogP contribution in [0.3, 0.4) is 0 Å². The second kappa shape index (κ2) is 11.8. The van der Waals surface area contributed by atoms with Crippen LogP contribution in [0.2, 0.25) is 0 Å². The number of nitrogens with zero attached hydrogens (tertiary/aromatic N) is 2. The van der Waals surface area contributed by atoms with Gasteiger partial charge in [0.25, 0.3) is 5.91 Å². The number of carboxylic acid groups (broad SMARTS) is 1. The molecule has 0 saturated carbocycles. The summed E-state index contributed by atoms with van der Waals surface area (Å²) in [5, 5.41) is 12.2. The lowest BCUT2D eigenvalue weighted by molar-refractivity contribution is -0.141. The van der Waals surface area contributed by atoms with Crippen LogP contribution >= 0.6 is 11.5 Å². The Morgan fingerprint density at radius 1 is 1.08 bits per heavy atom. The molecule has 9 nitrogen and oxygen atoms in total. The van der Waals surface area contributed by atoms with E-state index in [0.717, 1.165) is 10.1 Å². The molecule has 14 heteroatoms. The molecule has 2 heterocycles. The van der Waals surface area contributed by atoms with Crippen molar-refractivity contribution in [3.63, 3.8) is 0 Å². The third-order valence-electron chi connectivity index (χ3n) is 6.25. The first kappa shape index (κ1) is 28.0. The maximum atomic E-state index is 13.8. The highest BCUT2D eigenvalue weighted by molar-refractivity contribution is 7.13. The quantitative estimate of drug-likeness (QED) is 0.300. The van der Waals surface area contributed by atoms with Crippen molar-refractivity contribution >= 4 is 45.2 Å². The molecule has 1 fully saturated rings. The second-order valence-electron chi connectivity index (χ2n) is 8.81. The van der Waals surface area contributed by atoms with Crippen LogP contribution in [0.15, 0.2) is 30.3 Å². The first-order chi connectivity index (χ1) is 18.6. The minimum Gasteiger partial charge on any atom is -0.481 e. The molecule has 0 radical (unpaired) electrons. The molecule has 1 aliphatic heterocycles. The number of aliphatic carboxylic acids is 1. The number of ketones is 1. The molecule has 0 spiro atoms. The third kappa shape index (κ3) is 6.16. The van der Waals surface area contributed by atoms with Gasteiger partial charge < -0.3 is 20.1 Å². The number of benzene rings is 2. The van der Waals surface area contributed by atoms with Gasteiger partial charge in [-0.3, -0.25) is 19.2 Å². The van der Waals surface area contributed by atoms with E-state index in [9.17, 15) is 36.7 Å². The summed E-state index contributed by atoms with van der Waals surface area (Å²) in [7, 11) is 0. The van der Waals surface area contributed by atoms with Gasteiger partial charge in [-0.05, 0) is 30.4 Å². The van der Waals surface area contributed by atoms with E-state index >= 15 is 0 Å². The highest BCUT2D eigenvalue weighted by Gasteiger charge is 2.33. The summed E-state index contributed by atoms with van der Waals surface area (Å²) in [4.78, 5) is 51.1. The summed E-state index contributed by atoms with van der Waals surface area (Å²) in [6, 6.07) is 5.61. The molecular formula is C25H21F4N3O6S. The molecule has 1 aromatic heterocycles. The Kier molecular flexibility index (Phi) is 8.43. The first-order valence-electron chi connectivity index (χ1n) is 11.7. The number of likely N-dealkylation sites (tertiary alicyclic amines) is 1. The van der Waals surface area contributed by atoms with Crippen molar-refractivity contribution < 1.29 is 46.6 Å². The van der Waals surface area contributed by atoms with E-state index in [4.69, 9.17) is 5.11 Å². The van der Waals surface area contributed by atoms with Gasteiger partial charge in [0.1, 0.15) is 18.3 Å². The van der Waals surface area contributed by atoms with Crippen molar-refractivity contribution in [2.75, 3.05) is 19.7 Å². The van der Waals surface area contributed by atoms with Crippen LogP contribution in [0.5, 0.6) is 5.75 Å². The van der Waals surface area contributed by atoms with Crippen LogP contribution in [0, 0.1) is 29.2 Å². The molecule has 4 rings (SSSR count). The fourth-order valence-corrected chi connectivity index (χ4v) is 4.93. The zero-order chi connectivity index (χ0) is 28.3. The zero-order valence-electron chi connectivity index (χ0n) is 20.1. The first-order valence-corrected chi connectivity index (χ1v) is 12.5. The Balaban J connectivity index is 1.36. The minimum atomic E-state index is -1.87. The Morgan fingerprint density at radius 2 is 1.72 bits per heavy atom. The maximum Gasteiger partial charge on any atom is 0.305 e. The normalized spacial score (nSPS) is 14.7. The number of hydrogen-bond donors (Lipinski definition) is 2. The average molecular weight is 568 g/mol. The van der Waals surface area contributed by atoms with Crippen molar-refractivity contribution in [2.45, 2.75) is 25.3 Å². The number of aromatic nitrogens is 1. The Morgan fingerprint density at radius 3 is 2.36 bits per heavy atom. The molecule has 0 aliphatic carbocycles. The number of fused-ring (bicyclic) bond motifs is 1. The maximum absolute atomic E-state index is 13.8. The highest BCUT2D eigenvalue weighted by Crippen LogP contribution is 2.27. The van der Waals surface area contributed by atoms with Gasteiger partial charge in [0, 0.05) is 30.5 Å². The third-order valence-corrected chi connectivity index (χ3v) is 7.07. The number of carbonyl (C=O) groups is 4. The molecule has 1 aliphatic rings. The molecule has 0 bridgehead atoms. The van der Waals surface area contributed by atoms with Gasteiger partial charge in [-0.25, -0.2) is 8.78 Å². The van der Waals surface area contributed by atoms with E-state index < -0.39 is 71.7 Å². The van der Waals surface area contributed by atoms with Gasteiger partial charge in [-0.1, -0.05) is 18.2 Å². The molecule has 2 aromatic carbocycles. The van der Waals surface area contributed by atoms with Crippen LogP contribution in [0.25, 0.3) is 10.1 Å². The lowest BCUT2D eigenvalue weighted by atomic mass is 9.94. The summed E-state index contributed by atoms with van der Waals surface area (Å²) >= 11 is 1.20. The summed E-state index contributed by atoms with van der Waals surface area (Å²) in [5.41, 5.74) is 0.316. The molecule has 2 N–H and O–H groups in total. The average Bonchev–Trinajstić information content (AvgIpc) is 3.35. The monoisotopic (exact) mass is 567 g/mol. The summed E-state index contributed by atoms with van der Waals surface area (Å²) in [6.45, 7) is -0.732. The zero-order valence-corrected chi connectivity index (χ0v) is 20.9. The van der Waals surface area contributed by atoms with Gasteiger partial charge in [0.05, 0.1) is 11.1 Å². The number of hydrogen-bond acceptors (Lipinski definition) is 7. The number of nitrogens with one attached hydrogen (secondary N) is 1. The number of ether oxygens (including phenoxy) is 1. The van der Waals surface area contributed by atoms with Gasteiger partial charge in [0.15, 0.2) is 23.2 Å². The number of carboxylic acids is 1. The van der Waals surface area contributed by atoms with Crippen molar-refractivity contribution in [2.24, 2.45) is 5.92 Å². The molecule has 3 aromatic rings. The van der Waals surface area contributed by atoms with Gasteiger partial charge in [-0.2, -0.15) is 13.2 Å². The standard InChI is InChI=1S/C25H21F4N3O6S/c26-14-9-15(27)21(29)23(20(14)28)38-11-17(33)16(10-19(34)35)30-24(36)12-5-7-32(8-6-12)25(37)22-13-3-1-2-4-18(13)39-31-22/h1-4,9,12,16H,5-8,10-11H2,(H,30,36)(H,34,35)/t16-/m0/s1. The van der Waals surface area contributed by atoms with Crippen LogP contribution in [-0.2, 0) is 14.4 Å². The van der Waals surface area contributed by atoms with E-state index in [0.29, 0.717) is 5.69 Å². The number of halogens is 4. The lowest BCUT2D eigenvalue weighted by Gasteiger charge is -2.31. The van der Waals surface area contributed by atoms with E-state index in [1.165, 1.54) is 11.5 Å². The Hall–Kier alpha value is -4.07. The molecule has 39 heavy (non-hydrogen) atoms. The van der Waals surface area contributed by atoms with E-state index in [2.05, 4.69) is 14.4 Å². The lowest BCUT2D eigenvalue weighted by Crippen LogP contribution is -2.49. The molecule has 1 saturated heterocycles. The largest absolute Gasteiger partial charge is 0.481 e. The number of amides is 2. The van der Waals surface area contributed by atoms with Crippen molar-refractivity contribution in [1.29, 1.82) is 0 Å². The fraction of sp³-hybridized carbons (Fsp3) is 0.320. The molecule has 206 valence electrons. The summed E-state index contributed by atoms with van der Waals surface area (Å²) in [6.07, 6.45) is -0.420. The van der Waals surface area contributed by atoms with E-state index in [-0.39, 0.29) is 37.9 Å². The highest BCUT2D eigenvalue weighted by atomic mass is 32.1. The SMILES string of the molecule is O=C(O)C[C@H](NC(=O)C1CCN(C(=O)c2nsc3ccccc23)CC1)C(=O)COc1c(F)c(F)cc(F)c1F. The van der Waals surface area contributed by atoms with Crippen LogP contribution in [-0.4, -0.2) is 63.7 Å². The predicted molar refractivity (Wildman–Crippen MR) is 129 cm³/mol. The van der Waals surface area contributed by atoms with Crippen molar-refractivity contribution in [3.8, 4) is 5.75 Å². The van der Waals surface area contributed by atoms with Gasteiger partial charge in [0.2, 0.25) is 17.5 Å². The minimum absolute atomic E-state index is 0.0370. The second-order valence-corrected chi connectivity index (χ2v) is 9.61. The number of rotatable bonds is 9.